The van der Waals surface area contributed by atoms with E-state index in [1.165, 1.54) is 0 Å². The van der Waals surface area contributed by atoms with E-state index >= 15 is 0 Å². The Morgan fingerprint density at radius 2 is 2.25 bits per heavy atom. The van der Waals surface area contributed by atoms with Crippen LogP contribution in [0, 0.1) is 0 Å². The van der Waals surface area contributed by atoms with Crippen LogP contribution in [0.3, 0.4) is 0 Å². The first kappa shape index (κ1) is 13.1. The minimum atomic E-state index is -0.425. The average molecular weight is 287 g/mol. The summed E-state index contributed by atoms with van der Waals surface area (Å²) >= 11 is 3.21. The first-order valence-corrected chi connectivity index (χ1v) is 5.90. The second-order valence-electron chi connectivity index (χ2n) is 3.80. The molecule has 0 fully saturated rings. The lowest BCUT2D eigenvalue weighted by atomic mass is 10.1. The first-order chi connectivity index (χ1) is 7.49. The molecule has 1 amide bonds. The molecule has 0 radical (unpaired) electrons. The van der Waals surface area contributed by atoms with Crippen molar-refractivity contribution >= 4 is 21.8 Å². The number of nitrogens with zero attached hydrogens (tertiary/aromatic N) is 1. The van der Waals surface area contributed by atoms with Crippen molar-refractivity contribution in [1.29, 1.82) is 0 Å². The summed E-state index contributed by atoms with van der Waals surface area (Å²) in [5, 5.41) is 11.9. The van der Waals surface area contributed by atoms with Gasteiger partial charge in [0.25, 0.3) is 5.91 Å². The number of hydrogen-bond donors (Lipinski definition) is 2. The van der Waals surface area contributed by atoms with Gasteiger partial charge in [-0.2, -0.15) is 0 Å². The fourth-order valence-electron chi connectivity index (χ4n) is 1.40. The van der Waals surface area contributed by atoms with Gasteiger partial charge in [-0.05, 0) is 48.3 Å². The number of aliphatic hydroxyl groups is 1. The molecule has 2 N–H and O–H groups in total. The summed E-state index contributed by atoms with van der Waals surface area (Å²) in [6.45, 7) is 3.54. The monoisotopic (exact) mass is 286 g/mol. The molecule has 1 rings (SSSR count). The topological polar surface area (TPSA) is 62.2 Å². The predicted octanol–water partition coefficient (Wildman–Crippen LogP) is 1.73. The zero-order valence-electron chi connectivity index (χ0n) is 9.27. The normalized spacial score (nSPS) is 14.2. The SMILES string of the molecule is CC(O)CC(C)NC(=O)c1cccc(Br)n1. The van der Waals surface area contributed by atoms with Crippen LogP contribution in [0.15, 0.2) is 22.8 Å². The van der Waals surface area contributed by atoms with E-state index in [0.29, 0.717) is 16.7 Å². The number of amides is 1. The van der Waals surface area contributed by atoms with Crippen LogP contribution in [0.1, 0.15) is 30.8 Å². The average Bonchev–Trinajstić information content (AvgIpc) is 2.16. The number of nitrogens with one attached hydrogen (secondary N) is 1. The largest absolute Gasteiger partial charge is 0.393 e. The van der Waals surface area contributed by atoms with Gasteiger partial charge >= 0.3 is 0 Å². The molecule has 1 aromatic heterocycles. The van der Waals surface area contributed by atoms with E-state index in [4.69, 9.17) is 0 Å². The second kappa shape index (κ2) is 5.96. The summed E-state index contributed by atoms with van der Waals surface area (Å²) in [6.07, 6.45) is 0.102. The van der Waals surface area contributed by atoms with E-state index in [1.807, 2.05) is 6.92 Å². The lowest BCUT2D eigenvalue weighted by molar-refractivity contribution is 0.0918. The lowest BCUT2D eigenvalue weighted by Crippen LogP contribution is -2.35. The molecule has 1 aromatic rings. The van der Waals surface area contributed by atoms with E-state index in [9.17, 15) is 9.90 Å². The van der Waals surface area contributed by atoms with Crippen molar-refractivity contribution in [3.63, 3.8) is 0 Å². The molecule has 0 aliphatic rings. The maximum Gasteiger partial charge on any atom is 0.270 e. The van der Waals surface area contributed by atoms with Crippen LogP contribution in [0.2, 0.25) is 0 Å². The van der Waals surface area contributed by atoms with E-state index in [2.05, 4.69) is 26.2 Å². The molecule has 88 valence electrons. The highest BCUT2D eigenvalue weighted by atomic mass is 79.9. The Bertz CT molecular complexity index is 369. The smallest absolute Gasteiger partial charge is 0.270 e. The highest BCUT2D eigenvalue weighted by molar-refractivity contribution is 9.10. The number of halogens is 1. The summed E-state index contributed by atoms with van der Waals surface area (Å²) < 4.78 is 0.628. The van der Waals surface area contributed by atoms with Crippen molar-refractivity contribution < 1.29 is 9.90 Å². The number of rotatable bonds is 4. The Hall–Kier alpha value is -0.940. The van der Waals surface area contributed by atoms with Crippen molar-refractivity contribution in [1.82, 2.24) is 10.3 Å². The van der Waals surface area contributed by atoms with Crippen molar-refractivity contribution in [2.24, 2.45) is 0 Å². The number of aliphatic hydroxyl groups excluding tert-OH is 1. The quantitative estimate of drug-likeness (QED) is 0.829. The highest BCUT2D eigenvalue weighted by Gasteiger charge is 2.12. The third-order valence-corrected chi connectivity index (χ3v) is 2.46. The Balaban J connectivity index is 2.59. The molecule has 0 aliphatic heterocycles. The van der Waals surface area contributed by atoms with Crippen LogP contribution in [0.4, 0.5) is 0 Å². The van der Waals surface area contributed by atoms with E-state index in [0.717, 1.165) is 0 Å². The standard InChI is InChI=1S/C11H15BrN2O2/c1-7(6-8(2)15)13-11(16)9-4-3-5-10(12)14-9/h3-5,7-8,15H,6H2,1-2H3,(H,13,16). The molecule has 0 aromatic carbocycles. The summed E-state index contributed by atoms with van der Waals surface area (Å²) in [5.41, 5.74) is 0.367. The third kappa shape index (κ3) is 4.28. The van der Waals surface area contributed by atoms with Gasteiger partial charge in [-0.3, -0.25) is 4.79 Å². The van der Waals surface area contributed by atoms with E-state index < -0.39 is 6.10 Å². The molecule has 1 heterocycles. The summed E-state index contributed by atoms with van der Waals surface area (Å²) in [5.74, 6) is -0.227. The third-order valence-electron chi connectivity index (χ3n) is 2.02. The predicted molar refractivity (Wildman–Crippen MR) is 65.2 cm³/mol. The van der Waals surface area contributed by atoms with Crippen molar-refractivity contribution in [2.75, 3.05) is 0 Å². The van der Waals surface area contributed by atoms with Gasteiger partial charge in [-0.1, -0.05) is 6.07 Å². The number of carbonyl (C=O) groups is 1. The number of hydrogen-bond acceptors (Lipinski definition) is 3. The zero-order chi connectivity index (χ0) is 12.1. The van der Waals surface area contributed by atoms with Crippen molar-refractivity contribution in [3.8, 4) is 0 Å². The summed E-state index contributed by atoms with van der Waals surface area (Å²) in [6, 6.07) is 5.09. The zero-order valence-corrected chi connectivity index (χ0v) is 10.9. The van der Waals surface area contributed by atoms with E-state index in [1.54, 1.807) is 25.1 Å². The van der Waals surface area contributed by atoms with Gasteiger partial charge in [0.15, 0.2) is 0 Å². The summed E-state index contributed by atoms with van der Waals surface area (Å²) in [4.78, 5) is 15.8. The lowest BCUT2D eigenvalue weighted by Gasteiger charge is -2.14. The molecule has 4 nitrogen and oxygen atoms in total. The molecule has 0 spiro atoms. The van der Waals surface area contributed by atoms with Crippen LogP contribution in [0.25, 0.3) is 0 Å². The van der Waals surface area contributed by atoms with Gasteiger partial charge in [0.05, 0.1) is 6.10 Å². The van der Waals surface area contributed by atoms with Crippen molar-refractivity contribution in [3.05, 3.63) is 28.5 Å². The van der Waals surface area contributed by atoms with Crippen LogP contribution in [-0.2, 0) is 0 Å². The van der Waals surface area contributed by atoms with Gasteiger partial charge in [0.2, 0.25) is 0 Å². The number of carbonyl (C=O) groups excluding carboxylic acids is 1. The van der Waals surface area contributed by atoms with Gasteiger partial charge in [-0.25, -0.2) is 4.98 Å². The van der Waals surface area contributed by atoms with Crippen LogP contribution < -0.4 is 5.32 Å². The molecule has 0 saturated carbocycles. The molecule has 0 aliphatic carbocycles. The highest BCUT2D eigenvalue weighted by Crippen LogP contribution is 2.06. The number of pyridine rings is 1. The molecule has 2 unspecified atom stereocenters. The minimum absolute atomic E-state index is 0.0757. The van der Waals surface area contributed by atoms with Crippen LogP contribution in [0.5, 0.6) is 0 Å². The maximum atomic E-state index is 11.7. The second-order valence-corrected chi connectivity index (χ2v) is 4.62. The fraction of sp³-hybridized carbons (Fsp3) is 0.455. The molecule has 16 heavy (non-hydrogen) atoms. The van der Waals surface area contributed by atoms with Gasteiger partial charge in [-0.15, -0.1) is 0 Å². The van der Waals surface area contributed by atoms with E-state index in [-0.39, 0.29) is 11.9 Å². The van der Waals surface area contributed by atoms with Gasteiger partial charge in [0.1, 0.15) is 10.3 Å². The fourth-order valence-corrected chi connectivity index (χ4v) is 1.75. The molecule has 5 heteroatoms. The first-order valence-electron chi connectivity index (χ1n) is 5.10. The van der Waals surface area contributed by atoms with Crippen LogP contribution >= 0.6 is 15.9 Å². The summed E-state index contributed by atoms with van der Waals surface area (Å²) in [7, 11) is 0. The Kier molecular flexibility index (Phi) is 4.89. The molecular weight excluding hydrogens is 272 g/mol. The van der Waals surface area contributed by atoms with Crippen LogP contribution in [-0.4, -0.2) is 28.1 Å². The number of aromatic nitrogens is 1. The molecule has 0 saturated heterocycles. The van der Waals surface area contributed by atoms with Gasteiger partial charge < -0.3 is 10.4 Å². The minimum Gasteiger partial charge on any atom is -0.393 e. The Labute approximate surface area is 103 Å². The maximum absolute atomic E-state index is 11.7. The van der Waals surface area contributed by atoms with Crippen molar-refractivity contribution in [2.45, 2.75) is 32.4 Å². The Morgan fingerprint density at radius 3 is 2.81 bits per heavy atom. The Morgan fingerprint density at radius 1 is 1.56 bits per heavy atom. The molecule has 0 bridgehead atoms. The molecule has 2 atom stereocenters. The van der Waals surface area contributed by atoms with Gasteiger partial charge in [0, 0.05) is 6.04 Å². The molecular formula is C11H15BrN2O2.